The molecule has 3 nitrogen and oxygen atoms in total. The lowest BCUT2D eigenvalue weighted by molar-refractivity contribution is 0.427. The van der Waals surface area contributed by atoms with Gasteiger partial charge >= 0.3 is 0 Å². The van der Waals surface area contributed by atoms with Crippen LogP contribution in [0.3, 0.4) is 0 Å². The maximum atomic E-state index is 12.2. The van der Waals surface area contributed by atoms with Crippen molar-refractivity contribution in [1.82, 2.24) is 4.31 Å². The second-order valence-electron chi connectivity index (χ2n) is 4.81. The Morgan fingerprint density at radius 3 is 2.72 bits per heavy atom. The van der Waals surface area contributed by atoms with E-state index in [0.29, 0.717) is 18.3 Å². The van der Waals surface area contributed by atoms with Crippen molar-refractivity contribution in [1.29, 1.82) is 0 Å². The van der Waals surface area contributed by atoms with E-state index < -0.39 is 10.0 Å². The zero-order valence-corrected chi connectivity index (χ0v) is 12.6. The molecule has 2 fully saturated rings. The average molecular weight is 303 g/mol. The van der Waals surface area contributed by atoms with Crippen LogP contribution in [-0.4, -0.2) is 36.8 Å². The van der Waals surface area contributed by atoms with E-state index in [-0.39, 0.29) is 5.25 Å². The summed E-state index contributed by atoms with van der Waals surface area (Å²) in [5, 5.41) is 2.50. The van der Waals surface area contributed by atoms with Crippen molar-refractivity contribution in [2.24, 2.45) is 0 Å². The molecule has 1 aromatic rings. The summed E-state index contributed by atoms with van der Waals surface area (Å²) in [6.45, 7) is 1.37. The van der Waals surface area contributed by atoms with E-state index in [2.05, 4.69) is 17.5 Å². The number of thioether (sulfide) groups is 1. The van der Waals surface area contributed by atoms with Crippen LogP contribution in [0, 0.1) is 0 Å². The Morgan fingerprint density at radius 2 is 2.06 bits per heavy atom. The predicted molar refractivity (Wildman–Crippen MR) is 77.6 cm³/mol. The van der Waals surface area contributed by atoms with Gasteiger partial charge in [0, 0.05) is 29.0 Å². The fourth-order valence-electron chi connectivity index (χ4n) is 2.28. The number of sulfonamides is 1. The number of rotatable bonds is 3. The van der Waals surface area contributed by atoms with E-state index in [0.717, 1.165) is 25.0 Å². The smallest absolute Gasteiger partial charge is 0.212 e. The highest BCUT2D eigenvalue weighted by Crippen LogP contribution is 2.39. The quantitative estimate of drug-likeness (QED) is 0.861. The molecule has 0 spiro atoms. The van der Waals surface area contributed by atoms with E-state index in [4.69, 9.17) is 0 Å². The summed E-state index contributed by atoms with van der Waals surface area (Å²) in [5.74, 6) is 0.911. The summed E-state index contributed by atoms with van der Waals surface area (Å²) < 4.78 is 26.2. The van der Waals surface area contributed by atoms with Crippen molar-refractivity contribution in [2.45, 2.75) is 29.8 Å². The van der Waals surface area contributed by atoms with Crippen LogP contribution in [-0.2, 0) is 10.0 Å². The number of hydrogen-bond acceptors (Lipinski definition) is 4. The number of nitrogens with zero attached hydrogens (tertiary/aromatic N) is 1. The van der Waals surface area contributed by atoms with Crippen LogP contribution < -0.4 is 0 Å². The lowest BCUT2D eigenvalue weighted by Crippen LogP contribution is -2.35. The van der Waals surface area contributed by atoms with Crippen molar-refractivity contribution < 1.29 is 8.42 Å². The maximum absolute atomic E-state index is 12.2. The predicted octanol–water partition coefficient (Wildman–Crippen LogP) is 2.72. The van der Waals surface area contributed by atoms with Gasteiger partial charge in [-0.15, -0.1) is 11.3 Å². The molecule has 1 aliphatic heterocycles. The third-order valence-electron chi connectivity index (χ3n) is 3.47. The highest BCUT2D eigenvalue weighted by atomic mass is 32.2. The van der Waals surface area contributed by atoms with Gasteiger partial charge in [0.15, 0.2) is 0 Å². The molecule has 1 saturated carbocycles. The van der Waals surface area contributed by atoms with Crippen LogP contribution in [0.25, 0.3) is 0 Å². The van der Waals surface area contributed by atoms with Crippen molar-refractivity contribution in [3.63, 3.8) is 0 Å². The van der Waals surface area contributed by atoms with E-state index in [1.54, 1.807) is 15.6 Å². The minimum absolute atomic E-state index is 0.0687. The van der Waals surface area contributed by atoms with Crippen molar-refractivity contribution in [2.75, 3.05) is 18.8 Å². The molecule has 1 aliphatic carbocycles. The third-order valence-corrected chi connectivity index (χ3v) is 8.31. The van der Waals surface area contributed by atoms with Gasteiger partial charge in [0.25, 0.3) is 0 Å². The lowest BCUT2D eigenvalue weighted by atomic mass is 10.2. The minimum atomic E-state index is -2.98. The molecule has 1 unspecified atom stereocenters. The zero-order valence-electron chi connectivity index (χ0n) is 10.1. The largest absolute Gasteiger partial charge is 0.217 e. The normalized spacial score (nSPS) is 27.0. The molecule has 2 heterocycles. The molecule has 0 bridgehead atoms. The molecule has 100 valence electrons. The van der Waals surface area contributed by atoms with E-state index >= 15 is 0 Å². The van der Waals surface area contributed by atoms with Gasteiger partial charge in [-0.25, -0.2) is 12.7 Å². The fourth-order valence-corrected chi connectivity index (χ4v) is 6.49. The van der Waals surface area contributed by atoms with Gasteiger partial charge in [-0.1, -0.05) is 6.07 Å². The van der Waals surface area contributed by atoms with Crippen LogP contribution in [0.1, 0.15) is 29.4 Å². The highest BCUT2D eigenvalue weighted by Gasteiger charge is 2.40. The first-order chi connectivity index (χ1) is 8.68. The van der Waals surface area contributed by atoms with Crippen LogP contribution in [0.15, 0.2) is 17.5 Å². The highest BCUT2D eigenvalue weighted by molar-refractivity contribution is 7.99. The van der Waals surface area contributed by atoms with Gasteiger partial charge < -0.3 is 0 Å². The van der Waals surface area contributed by atoms with Crippen molar-refractivity contribution >= 4 is 33.1 Å². The molecule has 18 heavy (non-hydrogen) atoms. The Morgan fingerprint density at radius 1 is 1.22 bits per heavy atom. The molecule has 2 aliphatic rings. The molecular formula is C12H17NO2S3. The van der Waals surface area contributed by atoms with E-state index in [1.807, 2.05) is 11.8 Å². The standard InChI is InChI=1S/C12H17NO2S3/c14-18(15,10-3-4-10)13-6-5-12(17-9-7-13)11-2-1-8-16-11/h1-2,8,10,12H,3-7,9H2. The lowest BCUT2D eigenvalue weighted by Gasteiger charge is -2.19. The van der Waals surface area contributed by atoms with Crippen LogP contribution in [0.2, 0.25) is 0 Å². The summed E-state index contributed by atoms with van der Waals surface area (Å²) in [4.78, 5) is 1.38. The topological polar surface area (TPSA) is 37.4 Å². The number of hydrogen-bond donors (Lipinski definition) is 0. The molecule has 6 heteroatoms. The fraction of sp³-hybridized carbons (Fsp3) is 0.667. The second-order valence-corrected chi connectivity index (χ2v) is 9.31. The summed E-state index contributed by atoms with van der Waals surface area (Å²) in [5.41, 5.74) is 0. The Hall–Kier alpha value is -0.0400. The second kappa shape index (κ2) is 5.15. The van der Waals surface area contributed by atoms with Gasteiger partial charge in [0.2, 0.25) is 10.0 Å². The minimum Gasteiger partial charge on any atom is -0.212 e. The van der Waals surface area contributed by atoms with E-state index in [9.17, 15) is 8.42 Å². The van der Waals surface area contributed by atoms with Gasteiger partial charge in [0.1, 0.15) is 0 Å². The third kappa shape index (κ3) is 2.61. The average Bonchev–Trinajstić information content (AvgIpc) is 3.13. The first-order valence-corrected chi connectivity index (χ1v) is 9.75. The summed E-state index contributed by atoms with van der Waals surface area (Å²) in [6.07, 6.45) is 2.66. The SMILES string of the molecule is O=S(=O)(C1CC1)N1CCSC(c2cccs2)CC1. The Kier molecular flexibility index (Phi) is 3.71. The van der Waals surface area contributed by atoms with Crippen LogP contribution in [0.5, 0.6) is 0 Å². The maximum Gasteiger partial charge on any atom is 0.217 e. The van der Waals surface area contributed by atoms with Gasteiger partial charge in [-0.3, -0.25) is 0 Å². The molecule has 1 atom stereocenters. The van der Waals surface area contributed by atoms with Gasteiger partial charge in [0.05, 0.1) is 5.25 Å². The van der Waals surface area contributed by atoms with Crippen LogP contribution >= 0.6 is 23.1 Å². The summed E-state index contributed by atoms with van der Waals surface area (Å²) in [6, 6.07) is 4.23. The summed E-state index contributed by atoms with van der Waals surface area (Å²) >= 11 is 3.68. The monoisotopic (exact) mass is 303 g/mol. The summed E-state index contributed by atoms with van der Waals surface area (Å²) in [7, 11) is -2.98. The first-order valence-electron chi connectivity index (χ1n) is 6.32. The molecule has 0 aromatic carbocycles. The Bertz CT molecular complexity index is 493. The molecule has 0 N–H and O–H groups in total. The zero-order chi connectivity index (χ0) is 12.6. The molecular weight excluding hydrogens is 286 g/mol. The first kappa shape index (κ1) is 13.0. The van der Waals surface area contributed by atoms with Crippen LogP contribution in [0.4, 0.5) is 0 Å². The van der Waals surface area contributed by atoms with Gasteiger partial charge in [-0.2, -0.15) is 11.8 Å². The van der Waals surface area contributed by atoms with Crippen molar-refractivity contribution in [3.8, 4) is 0 Å². The molecule has 3 rings (SSSR count). The number of thiophene rings is 1. The molecule has 0 radical (unpaired) electrons. The van der Waals surface area contributed by atoms with Crippen molar-refractivity contribution in [3.05, 3.63) is 22.4 Å². The molecule has 1 saturated heterocycles. The Balaban J connectivity index is 1.68. The molecule has 0 amide bonds. The van der Waals surface area contributed by atoms with E-state index in [1.165, 1.54) is 4.88 Å². The van der Waals surface area contributed by atoms with Gasteiger partial charge in [-0.05, 0) is 30.7 Å². The molecule has 1 aromatic heterocycles. The Labute approximate surface area is 117 Å².